The lowest BCUT2D eigenvalue weighted by Crippen LogP contribution is -2.39. The average Bonchev–Trinajstić information content (AvgIpc) is 3.25. The number of rotatable bonds is 2. The zero-order chi connectivity index (χ0) is 14.9. The number of nitrogens with zero attached hydrogens (tertiary/aromatic N) is 2. The van der Waals surface area contributed by atoms with Crippen molar-refractivity contribution in [3.05, 3.63) is 0 Å². The highest BCUT2D eigenvalue weighted by Crippen LogP contribution is 2.59. The molecule has 1 aliphatic carbocycles. The number of carbonyl (C=O) groups excluding carboxylic acids is 2. The van der Waals surface area contributed by atoms with Crippen molar-refractivity contribution >= 4 is 11.8 Å². The lowest BCUT2D eigenvalue weighted by Gasteiger charge is -2.26. The van der Waals surface area contributed by atoms with Crippen LogP contribution in [-0.4, -0.2) is 60.9 Å². The zero-order valence-corrected chi connectivity index (χ0v) is 13.1. The normalized spacial score (nSPS) is 28.3. The van der Waals surface area contributed by atoms with Crippen LogP contribution in [0.2, 0.25) is 0 Å². The topological polar surface area (TPSA) is 52.7 Å². The molecule has 1 spiro atoms. The van der Waals surface area contributed by atoms with Crippen molar-refractivity contribution in [2.24, 2.45) is 11.3 Å². The third-order valence-corrected chi connectivity index (χ3v) is 5.55. The van der Waals surface area contributed by atoms with Crippen molar-refractivity contribution in [3.63, 3.8) is 0 Å². The summed E-state index contributed by atoms with van der Waals surface area (Å²) in [5, 5.41) is 3.39. The molecule has 1 N–H and O–H groups in total. The monoisotopic (exact) mass is 293 g/mol. The van der Waals surface area contributed by atoms with Crippen LogP contribution >= 0.6 is 0 Å². The molecule has 3 rings (SSSR count). The third kappa shape index (κ3) is 2.93. The molecule has 1 atom stereocenters. The Balaban J connectivity index is 1.55. The molecule has 0 aromatic rings. The minimum Gasteiger partial charge on any atom is -0.341 e. The molecule has 2 amide bonds. The summed E-state index contributed by atoms with van der Waals surface area (Å²) in [5.74, 6) is 0.821. The number of piperidine rings is 1. The van der Waals surface area contributed by atoms with Crippen LogP contribution in [0.1, 0.15) is 39.0 Å². The molecule has 2 saturated heterocycles. The Kier molecular flexibility index (Phi) is 4.20. The van der Waals surface area contributed by atoms with Crippen LogP contribution in [0.4, 0.5) is 0 Å². The van der Waals surface area contributed by atoms with Gasteiger partial charge in [-0.05, 0) is 44.2 Å². The molecule has 3 aliphatic rings. The summed E-state index contributed by atoms with van der Waals surface area (Å²) in [4.78, 5) is 28.5. The molecule has 0 aromatic carbocycles. The van der Waals surface area contributed by atoms with Crippen molar-refractivity contribution in [1.29, 1.82) is 0 Å². The molecule has 0 aromatic heterocycles. The molecule has 1 unspecified atom stereocenters. The number of nitrogens with one attached hydrogen (secondary N) is 1. The van der Waals surface area contributed by atoms with Gasteiger partial charge in [-0.3, -0.25) is 9.59 Å². The summed E-state index contributed by atoms with van der Waals surface area (Å²) < 4.78 is 0. The highest BCUT2D eigenvalue weighted by molar-refractivity contribution is 5.83. The SMILES string of the molecule is CCC(=O)N1CCCN(C(=O)C2CC23CCNCC3)CC1. The summed E-state index contributed by atoms with van der Waals surface area (Å²) in [6, 6.07) is 0. The van der Waals surface area contributed by atoms with E-state index in [1.54, 1.807) is 0 Å². The fraction of sp³-hybridized carbons (Fsp3) is 0.875. The molecule has 3 fully saturated rings. The second-order valence-electron chi connectivity index (χ2n) is 6.78. The predicted octanol–water partition coefficient (Wildman–Crippen LogP) is 0.847. The lowest BCUT2D eigenvalue weighted by atomic mass is 9.91. The molecular weight excluding hydrogens is 266 g/mol. The highest BCUT2D eigenvalue weighted by atomic mass is 16.2. The first kappa shape index (κ1) is 14.8. The standard InChI is InChI=1S/C16H27N3O2/c1-2-14(20)18-8-3-9-19(11-10-18)15(21)13-12-16(13)4-6-17-7-5-16/h13,17H,2-12H2,1H3. The maximum absolute atomic E-state index is 12.7. The second-order valence-corrected chi connectivity index (χ2v) is 6.78. The Morgan fingerprint density at radius 3 is 2.48 bits per heavy atom. The summed E-state index contributed by atoms with van der Waals surface area (Å²) in [7, 11) is 0. The predicted molar refractivity (Wildman–Crippen MR) is 80.7 cm³/mol. The van der Waals surface area contributed by atoms with Gasteiger partial charge in [0.15, 0.2) is 0 Å². The average molecular weight is 293 g/mol. The van der Waals surface area contributed by atoms with E-state index in [4.69, 9.17) is 0 Å². The van der Waals surface area contributed by atoms with Gasteiger partial charge < -0.3 is 15.1 Å². The smallest absolute Gasteiger partial charge is 0.226 e. The Bertz CT molecular complexity index is 418. The van der Waals surface area contributed by atoms with Crippen molar-refractivity contribution in [2.75, 3.05) is 39.3 Å². The van der Waals surface area contributed by atoms with Crippen molar-refractivity contribution in [1.82, 2.24) is 15.1 Å². The van der Waals surface area contributed by atoms with E-state index in [0.29, 0.717) is 24.3 Å². The largest absolute Gasteiger partial charge is 0.341 e. The van der Waals surface area contributed by atoms with Gasteiger partial charge in [-0.25, -0.2) is 0 Å². The maximum atomic E-state index is 12.7. The Morgan fingerprint density at radius 2 is 1.76 bits per heavy atom. The highest BCUT2D eigenvalue weighted by Gasteiger charge is 2.58. The Labute approximate surface area is 127 Å². The summed E-state index contributed by atoms with van der Waals surface area (Å²) in [5.41, 5.74) is 0.313. The van der Waals surface area contributed by atoms with Gasteiger partial charge in [0.25, 0.3) is 0 Å². The minimum absolute atomic E-state index is 0.213. The molecule has 2 heterocycles. The van der Waals surface area contributed by atoms with E-state index in [-0.39, 0.29) is 11.8 Å². The third-order valence-electron chi connectivity index (χ3n) is 5.55. The van der Waals surface area contributed by atoms with E-state index < -0.39 is 0 Å². The fourth-order valence-corrected chi connectivity index (χ4v) is 4.01. The van der Waals surface area contributed by atoms with E-state index >= 15 is 0 Å². The second kappa shape index (κ2) is 5.95. The van der Waals surface area contributed by atoms with Gasteiger partial charge in [-0.2, -0.15) is 0 Å². The van der Waals surface area contributed by atoms with E-state index in [1.807, 2.05) is 16.7 Å². The van der Waals surface area contributed by atoms with Gasteiger partial charge in [0, 0.05) is 38.5 Å². The van der Waals surface area contributed by atoms with Gasteiger partial charge in [0.05, 0.1) is 0 Å². The van der Waals surface area contributed by atoms with Crippen molar-refractivity contribution < 1.29 is 9.59 Å². The van der Waals surface area contributed by atoms with Gasteiger partial charge in [0.2, 0.25) is 11.8 Å². The van der Waals surface area contributed by atoms with E-state index in [2.05, 4.69) is 5.32 Å². The minimum atomic E-state index is 0.213. The molecule has 5 nitrogen and oxygen atoms in total. The number of amides is 2. The van der Waals surface area contributed by atoms with Gasteiger partial charge in [-0.15, -0.1) is 0 Å². The molecular formula is C16H27N3O2. The van der Waals surface area contributed by atoms with Crippen LogP contribution < -0.4 is 5.32 Å². The van der Waals surface area contributed by atoms with Crippen molar-refractivity contribution in [2.45, 2.75) is 39.0 Å². The molecule has 1 saturated carbocycles. The first-order valence-corrected chi connectivity index (χ1v) is 8.43. The first-order chi connectivity index (χ1) is 10.2. The summed E-state index contributed by atoms with van der Waals surface area (Å²) >= 11 is 0. The van der Waals surface area contributed by atoms with Gasteiger partial charge in [0.1, 0.15) is 0 Å². The van der Waals surface area contributed by atoms with Gasteiger partial charge >= 0.3 is 0 Å². The molecule has 0 radical (unpaired) electrons. The molecule has 21 heavy (non-hydrogen) atoms. The maximum Gasteiger partial charge on any atom is 0.226 e. The first-order valence-electron chi connectivity index (χ1n) is 8.43. The van der Waals surface area contributed by atoms with Crippen molar-refractivity contribution in [3.8, 4) is 0 Å². The molecule has 118 valence electrons. The molecule has 2 aliphatic heterocycles. The molecule has 0 bridgehead atoms. The van der Waals surface area contributed by atoms with Crippen LogP contribution in [-0.2, 0) is 9.59 Å². The fourth-order valence-electron chi connectivity index (χ4n) is 4.01. The quantitative estimate of drug-likeness (QED) is 0.821. The van der Waals surface area contributed by atoms with Crippen LogP contribution in [0, 0.1) is 11.3 Å². The van der Waals surface area contributed by atoms with E-state index in [0.717, 1.165) is 58.4 Å². The summed E-state index contributed by atoms with van der Waals surface area (Å²) in [6.45, 7) is 7.06. The summed E-state index contributed by atoms with van der Waals surface area (Å²) in [6.07, 6.45) is 4.86. The van der Waals surface area contributed by atoms with Crippen LogP contribution in [0.3, 0.4) is 0 Å². The zero-order valence-electron chi connectivity index (χ0n) is 13.1. The lowest BCUT2D eigenvalue weighted by molar-refractivity contribution is -0.135. The van der Waals surface area contributed by atoms with E-state index in [9.17, 15) is 9.59 Å². The van der Waals surface area contributed by atoms with Crippen LogP contribution in [0.25, 0.3) is 0 Å². The number of carbonyl (C=O) groups is 2. The van der Waals surface area contributed by atoms with Crippen LogP contribution in [0.15, 0.2) is 0 Å². The molecule has 5 heteroatoms. The van der Waals surface area contributed by atoms with Crippen LogP contribution in [0.5, 0.6) is 0 Å². The Morgan fingerprint density at radius 1 is 1.10 bits per heavy atom. The number of hydrogen-bond acceptors (Lipinski definition) is 3. The van der Waals surface area contributed by atoms with Gasteiger partial charge in [-0.1, -0.05) is 6.92 Å². The number of hydrogen-bond donors (Lipinski definition) is 1. The Hall–Kier alpha value is -1.10. The van der Waals surface area contributed by atoms with E-state index in [1.165, 1.54) is 0 Å².